The molecule has 0 bridgehead atoms. The summed E-state index contributed by atoms with van der Waals surface area (Å²) in [5.74, 6) is 1.38. The topological polar surface area (TPSA) is 41.6 Å². The number of carbonyl (C=O) groups excluding carboxylic acids is 1. The van der Waals surface area contributed by atoms with Crippen LogP contribution in [0, 0.1) is 0 Å². The highest BCUT2D eigenvalue weighted by molar-refractivity contribution is 5.73. The molecule has 0 fully saturated rings. The minimum absolute atomic E-state index is 0.0715. The summed E-state index contributed by atoms with van der Waals surface area (Å²) in [6.45, 7) is 4.98. The molecule has 1 rings (SSSR count). The number of hydrogen-bond acceptors (Lipinski definition) is 2. The van der Waals surface area contributed by atoms with Crippen LogP contribution in [0.5, 0.6) is 5.75 Å². The van der Waals surface area contributed by atoms with E-state index in [4.69, 9.17) is 4.74 Å². The Morgan fingerprint density at radius 3 is 2.63 bits per heavy atom. The highest BCUT2D eigenvalue weighted by Gasteiger charge is 2.10. The van der Waals surface area contributed by atoms with Crippen LogP contribution < -0.4 is 10.1 Å². The van der Waals surface area contributed by atoms with Gasteiger partial charge in [0.1, 0.15) is 5.75 Å². The van der Waals surface area contributed by atoms with Crippen molar-refractivity contribution in [2.24, 2.45) is 0 Å². The Morgan fingerprint density at radius 2 is 2.11 bits per heavy atom. The number of benzene rings is 1. The Morgan fingerprint density at radius 1 is 1.42 bits per heavy atom. The molecule has 0 saturated carbocycles. The normalized spacial score (nSPS) is 10.4. The number of amides is 2. The minimum Gasteiger partial charge on any atom is -0.496 e. The highest BCUT2D eigenvalue weighted by Crippen LogP contribution is 2.25. The third-order valence-electron chi connectivity index (χ3n) is 3.25. The van der Waals surface area contributed by atoms with Gasteiger partial charge in [-0.3, -0.25) is 0 Å². The van der Waals surface area contributed by atoms with Gasteiger partial charge in [-0.15, -0.1) is 0 Å². The lowest BCUT2D eigenvalue weighted by Crippen LogP contribution is -2.36. The zero-order valence-corrected chi connectivity index (χ0v) is 12.5. The molecule has 0 unspecified atom stereocenters. The number of carbonyl (C=O) groups is 1. The molecule has 0 radical (unpaired) electrons. The fourth-order valence-electron chi connectivity index (χ4n) is 1.91. The fraction of sp³-hybridized carbons (Fsp3) is 0.533. The molecule has 106 valence electrons. The second-order valence-corrected chi connectivity index (χ2v) is 4.95. The van der Waals surface area contributed by atoms with Crippen LogP contribution in [0.15, 0.2) is 18.2 Å². The smallest absolute Gasteiger partial charge is 0.316 e. The van der Waals surface area contributed by atoms with Crippen LogP contribution in [-0.4, -0.2) is 38.7 Å². The predicted molar refractivity (Wildman–Crippen MR) is 77.9 cm³/mol. The largest absolute Gasteiger partial charge is 0.496 e. The van der Waals surface area contributed by atoms with E-state index in [0.717, 1.165) is 17.7 Å². The molecule has 19 heavy (non-hydrogen) atoms. The first-order chi connectivity index (χ1) is 8.99. The third kappa shape index (κ3) is 4.16. The average molecular weight is 264 g/mol. The monoisotopic (exact) mass is 264 g/mol. The number of rotatable bonds is 5. The van der Waals surface area contributed by atoms with E-state index >= 15 is 0 Å². The Hall–Kier alpha value is -1.71. The lowest BCUT2D eigenvalue weighted by Gasteiger charge is -2.18. The van der Waals surface area contributed by atoms with Crippen LogP contribution in [0.4, 0.5) is 4.79 Å². The van der Waals surface area contributed by atoms with E-state index in [0.29, 0.717) is 12.5 Å². The molecule has 4 heteroatoms. The van der Waals surface area contributed by atoms with Gasteiger partial charge < -0.3 is 15.0 Å². The molecule has 0 saturated heterocycles. The zero-order chi connectivity index (χ0) is 14.4. The highest BCUT2D eigenvalue weighted by atomic mass is 16.5. The van der Waals surface area contributed by atoms with Gasteiger partial charge in [-0.25, -0.2) is 4.79 Å². The summed E-state index contributed by atoms with van der Waals surface area (Å²) in [4.78, 5) is 13.1. The van der Waals surface area contributed by atoms with Crippen molar-refractivity contribution in [3.05, 3.63) is 29.3 Å². The maximum absolute atomic E-state index is 11.4. The van der Waals surface area contributed by atoms with Crippen molar-refractivity contribution in [3.8, 4) is 5.75 Å². The second kappa shape index (κ2) is 7.02. The molecule has 2 amide bonds. The molecule has 0 spiro atoms. The molecular formula is C15H24N2O2. The molecule has 0 aromatic heterocycles. The first-order valence-electron chi connectivity index (χ1n) is 6.59. The van der Waals surface area contributed by atoms with Crippen LogP contribution in [-0.2, 0) is 6.42 Å². The molecule has 4 nitrogen and oxygen atoms in total. The van der Waals surface area contributed by atoms with Gasteiger partial charge in [0.05, 0.1) is 7.11 Å². The van der Waals surface area contributed by atoms with Gasteiger partial charge in [-0.1, -0.05) is 26.0 Å². The molecule has 1 aromatic carbocycles. The van der Waals surface area contributed by atoms with Crippen LogP contribution in [0.1, 0.15) is 30.9 Å². The SMILES string of the molecule is CNC(=O)N(C)CCc1ccc(C(C)C)cc1OC. The van der Waals surface area contributed by atoms with E-state index < -0.39 is 0 Å². The summed E-state index contributed by atoms with van der Waals surface area (Å²) in [6, 6.07) is 6.23. The standard InChI is InChI=1S/C15H24N2O2/c1-11(2)13-7-6-12(14(10-13)19-5)8-9-17(4)15(18)16-3/h6-7,10-11H,8-9H2,1-5H3,(H,16,18). The number of urea groups is 1. The van der Waals surface area contributed by atoms with Crippen LogP contribution in [0.3, 0.4) is 0 Å². The number of likely N-dealkylation sites (N-methyl/N-ethyl adjacent to an activating group) is 1. The summed E-state index contributed by atoms with van der Waals surface area (Å²) < 4.78 is 5.44. The molecule has 0 atom stereocenters. The summed E-state index contributed by atoms with van der Waals surface area (Å²) in [5, 5.41) is 2.61. The fourth-order valence-corrected chi connectivity index (χ4v) is 1.91. The summed E-state index contributed by atoms with van der Waals surface area (Å²) in [6.07, 6.45) is 0.783. The van der Waals surface area contributed by atoms with E-state index in [1.165, 1.54) is 5.56 Å². The van der Waals surface area contributed by atoms with Crippen LogP contribution in [0.2, 0.25) is 0 Å². The Bertz CT molecular complexity index is 430. The van der Waals surface area contributed by atoms with Gasteiger partial charge in [0.25, 0.3) is 0 Å². The van der Waals surface area contributed by atoms with Gasteiger partial charge in [0, 0.05) is 20.6 Å². The first-order valence-corrected chi connectivity index (χ1v) is 6.59. The van der Waals surface area contributed by atoms with E-state index in [1.807, 2.05) is 0 Å². The van der Waals surface area contributed by atoms with Gasteiger partial charge >= 0.3 is 6.03 Å². The first kappa shape index (κ1) is 15.3. The van der Waals surface area contributed by atoms with E-state index in [1.54, 1.807) is 26.1 Å². The maximum Gasteiger partial charge on any atom is 0.316 e. The number of nitrogens with zero attached hydrogens (tertiary/aromatic N) is 1. The van der Waals surface area contributed by atoms with Crippen molar-refractivity contribution in [2.45, 2.75) is 26.2 Å². The number of methoxy groups -OCH3 is 1. The Balaban J connectivity index is 2.76. The van der Waals surface area contributed by atoms with Crippen molar-refractivity contribution < 1.29 is 9.53 Å². The average Bonchev–Trinajstić information content (AvgIpc) is 2.43. The lowest BCUT2D eigenvalue weighted by molar-refractivity contribution is 0.211. The Kier molecular flexibility index (Phi) is 5.67. The predicted octanol–water partition coefficient (Wildman–Crippen LogP) is 2.63. The van der Waals surface area contributed by atoms with Crippen molar-refractivity contribution in [1.29, 1.82) is 0 Å². The van der Waals surface area contributed by atoms with Gasteiger partial charge in [0.2, 0.25) is 0 Å². The number of nitrogens with one attached hydrogen (secondary N) is 1. The van der Waals surface area contributed by atoms with Crippen LogP contribution >= 0.6 is 0 Å². The van der Waals surface area contributed by atoms with Crippen molar-refractivity contribution in [3.63, 3.8) is 0 Å². The van der Waals surface area contributed by atoms with Crippen molar-refractivity contribution in [2.75, 3.05) is 27.7 Å². The maximum atomic E-state index is 11.4. The van der Waals surface area contributed by atoms with E-state index in [-0.39, 0.29) is 6.03 Å². The lowest BCUT2D eigenvalue weighted by atomic mass is 10.00. The van der Waals surface area contributed by atoms with Gasteiger partial charge in [0.15, 0.2) is 0 Å². The number of hydrogen-bond donors (Lipinski definition) is 1. The molecule has 1 aromatic rings. The molecule has 1 N–H and O–H groups in total. The van der Waals surface area contributed by atoms with Crippen LogP contribution in [0.25, 0.3) is 0 Å². The molecule has 0 aliphatic carbocycles. The zero-order valence-electron chi connectivity index (χ0n) is 12.5. The second-order valence-electron chi connectivity index (χ2n) is 4.95. The molecule has 0 aliphatic heterocycles. The van der Waals surface area contributed by atoms with Gasteiger partial charge in [-0.05, 0) is 29.5 Å². The van der Waals surface area contributed by atoms with Crippen molar-refractivity contribution in [1.82, 2.24) is 10.2 Å². The van der Waals surface area contributed by atoms with Gasteiger partial charge in [-0.2, -0.15) is 0 Å². The van der Waals surface area contributed by atoms with E-state index in [9.17, 15) is 4.79 Å². The number of ether oxygens (including phenoxy) is 1. The molecular weight excluding hydrogens is 240 g/mol. The molecule has 0 heterocycles. The van der Waals surface area contributed by atoms with E-state index in [2.05, 4.69) is 37.4 Å². The molecule has 0 aliphatic rings. The third-order valence-corrected chi connectivity index (χ3v) is 3.25. The summed E-state index contributed by atoms with van der Waals surface area (Å²) in [5.41, 5.74) is 2.39. The Labute approximate surface area is 115 Å². The summed E-state index contributed by atoms with van der Waals surface area (Å²) >= 11 is 0. The summed E-state index contributed by atoms with van der Waals surface area (Å²) in [7, 11) is 5.11. The minimum atomic E-state index is -0.0715. The van der Waals surface area contributed by atoms with Crippen molar-refractivity contribution >= 4 is 6.03 Å². The quantitative estimate of drug-likeness (QED) is 0.888.